The number of carbonyl (C=O) groups is 2. The molecule has 9 nitrogen and oxygen atoms in total. The first-order valence-electron chi connectivity index (χ1n) is 15.0. The zero-order valence-corrected chi connectivity index (χ0v) is 26.7. The largest absolute Gasteiger partial charge is 0.453 e. The quantitative estimate of drug-likeness (QED) is 0.160. The van der Waals surface area contributed by atoms with Gasteiger partial charge in [0.25, 0.3) is 5.91 Å². The minimum Gasteiger partial charge on any atom is -0.453 e. The molecule has 4 aromatic rings. The Balaban J connectivity index is 1.34. The number of amides is 1. The smallest absolute Gasteiger partial charge is 0.303 e. The van der Waals surface area contributed by atoms with Crippen LogP contribution in [0.2, 0.25) is 0 Å². The van der Waals surface area contributed by atoms with Crippen LogP contribution < -0.4 is 5.32 Å². The van der Waals surface area contributed by atoms with Gasteiger partial charge in [0.05, 0.1) is 18.8 Å². The van der Waals surface area contributed by atoms with Crippen molar-refractivity contribution < 1.29 is 28.9 Å². The highest BCUT2D eigenvalue weighted by molar-refractivity contribution is 7.99. The third-order valence-electron chi connectivity index (χ3n) is 7.95. The third-order valence-corrected chi connectivity index (χ3v) is 9.10. The first-order valence-corrected chi connectivity index (χ1v) is 16.0. The number of hydrogen-bond acceptors (Lipinski definition) is 8. The molecule has 0 saturated carbocycles. The van der Waals surface area contributed by atoms with Crippen LogP contribution in [0.4, 0.5) is 0 Å². The highest BCUT2D eigenvalue weighted by Crippen LogP contribution is 2.43. The second-order valence-electron chi connectivity index (χ2n) is 11.2. The van der Waals surface area contributed by atoms with Gasteiger partial charge < -0.3 is 29.2 Å². The van der Waals surface area contributed by atoms with E-state index >= 15 is 0 Å². The number of aliphatic hydroxyl groups excluding tert-OH is 1. The minimum atomic E-state index is -0.866. The van der Waals surface area contributed by atoms with E-state index in [1.807, 2.05) is 90.6 Å². The molecule has 0 unspecified atom stereocenters. The van der Waals surface area contributed by atoms with Crippen LogP contribution in [0.5, 0.6) is 0 Å². The first-order chi connectivity index (χ1) is 21.7. The lowest BCUT2D eigenvalue weighted by molar-refractivity contribution is -0.268. The van der Waals surface area contributed by atoms with Gasteiger partial charge in [-0.25, -0.2) is 4.98 Å². The highest BCUT2D eigenvalue weighted by Gasteiger charge is 2.38. The number of nitrogens with zero attached hydrogens (tertiary/aromatic N) is 2. The van der Waals surface area contributed by atoms with Crippen molar-refractivity contribution in [3.63, 3.8) is 0 Å². The summed E-state index contributed by atoms with van der Waals surface area (Å²) in [6.45, 7) is 5.26. The number of aliphatic hydroxyl groups is 1. The molecule has 2 N–H and O–H groups in total. The summed E-state index contributed by atoms with van der Waals surface area (Å²) in [6, 6.07) is 23.9. The predicted molar refractivity (Wildman–Crippen MR) is 172 cm³/mol. The number of ether oxygens (including phenoxy) is 3. The highest BCUT2D eigenvalue weighted by atomic mass is 32.2. The Morgan fingerprint density at radius 1 is 1.04 bits per heavy atom. The number of thioether (sulfide) groups is 1. The number of hydrogen-bond donors (Lipinski definition) is 2. The number of imidazole rings is 1. The van der Waals surface area contributed by atoms with E-state index in [2.05, 4.69) is 17.2 Å². The molecule has 10 heteroatoms. The minimum absolute atomic E-state index is 0.00866. The number of carbonyl (C=O) groups excluding carboxylic acids is 2. The van der Waals surface area contributed by atoms with Gasteiger partial charge >= 0.3 is 5.97 Å². The average Bonchev–Trinajstić information content (AvgIpc) is 3.47. The summed E-state index contributed by atoms with van der Waals surface area (Å²) < 4.78 is 20.2. The molecule has 0 aliphatic carbocycles. The van der Waals surface area contributed by atoms with Crippen molar-refractivity contribution in [2.24, 2.45) is 13.0 Å². The Kier molecular flexibility index (Phi) is 10.7. The molecule has 1 aliphatic rings. The van der Waals surface area contributed by atoms with Crippen LogP contribution in [0.1, 0.15) is 55.4 Å². The summed E-state index contributed by atoms with van der Waals surface area (Å²) in [6.07, 6.45) is 1.97. The van der Waals surface area contributed by atoms with E-state index in [9.17, 15) is 14.7 Å². The Labute approximate surface area is 267 Å². The Hall–Kier alpha value is -3.96. The van der Waals surface area contributed by atoms with Crippen LogP contribution in [0.15, 0.2) is 90.3 Å². The first kappa shape index (κ1) is 32.4. The van der Waals surface area contributed by atoms with Gasteiger partial charge in [-0.05, 0) is 34.7 Å². The van der Waals surface area contributed by atoms with Crippen LogP contribution in [-0.4, -0.2) is 44.5 Å². The summed E-state index contributed by atoms with van der Waals surface area (Å²) >= 11 is 1.66. The van der Waals surface area contributed by atoms with E-state index in [-0.39, 0.29) is 30.6 Å². The summed E-state index contributed by atoms with van der Waals surface area (Å²) in [4.78, 5) is 28.1. The molecule has 1 saturated heterocycles. The number of benzene rings is 3. The molecule has 45 heavy (non-hydrogen) atoms. The van der Waals surface area contributed by atoms with E-state index in [0.717, 1.165) is 38.5 Å². The number of rotatable bonds is 11. The lowest BCUT2D eigenvalue weighted by atomic mass is 9.91. The van der Waals surface area contributed by atoms with Crippen molar-refractivity contribution in [3.05, 3.63) is 107 Å². The van der Waals surface area contributed by atoms with Crippen LogP contribution in [-0.2, 0) is 44.0 Å². The van der Waals surface area contributed by atoms with Crippen molar-refractivity contribution >= 4 is 23.6 Å². The van der Waals surface area contributed by atoms with Crippen LogP contribution in [0, 0.1) is 5.92 Å². The van der Waals surface area contributed by atoms with E-state index in [1.54, 1.807) is 24.9 Å². The molecule has 3 aromatic carbocycles. The second-order valence-corrected chi connectivity index (χ2v) is 12.2. The van der Waals surface area contributed by atoms with E-state index < -0.39 is 18.4 Å². The Morgan fingerprint density at radius 3 is 2.42 bits per heavy atom. The molecule has 236 valence electrons. The number of aryl methyl sites for hydroxylation is 1. The van der Waals surface area contributed by atoms with E-state index in [1.165, 1.54) is 6.92 Å². The van der Waals surface area contributed by atoms with E-state index in [0.29, 0.717) is 12.3 Å². The maximum Gasteiger partial charge on any atom is 0.303 e. The van der Waals surface area contributed by atoms with Gasteiger partial charge in [0.1, 0.15) is 0 Å². The van der Waals surface area contributed by atoms with Gasteiger partial charge in [-0.2, -0.15) is 0 Å². The van der Waals surface area contributed by atoms with Gasteiger partial charge in [0.15, 0.2) is 17.6 Å². The number of esters is 1. The molecule has 0 radical (unpaired) electrons. The van der Waals surface area contributed by atoms with Gasteiger partial charge in [0.2, 0.25) is 0 Å². The zero-order chi connectivity index (χ0) is 31.9. The molecule has 0 bridgehead atoms. The zero-order valence-electron chi connectivity index (χ0n) is 25.9. The van der Waals surface area contributed by atoms with Crippen molar-refractivity contribution in [3.8, 4) is 11.1 Å². The molecule has 0 spiro atoms. The van der Waals surface area contributed by atoms with Crippen molar-refractivity contribution in [1.29, 1.82) is 0 Å². The molecule has 1 amide bonds. The maximum atomic E-state index is 12.4. The number of aromatic nitrogens is 2. The van der Waals surface area contributed by atoms with Gasteiger partial charge in [0, 0.05) is 50.1 Å². The molecule has 1 aromatic heterocycles. The predicted octanol–water partition coefficient (Wildman–Crippen LogP) is 5.73. The van der Waals surface area contributed by atoms with Crippen LogP contribution in [0.25, 0.3) is 11.1 Å². The van der Waals surface area contributed by atoms with Gasteiger partial charge in [-0.15, -0.1) is 0 Å². The third kappa shape index (κ3) is 8.01. The lowest BCUT2D eigenvalue weighted by Crippen LogP contribution is -2.38. The normalized spacial score (nSPS) is 20.4. The fourth-order valence-corrected chi connectivity index (χ4v) is 6.46. The number of nitrogens with one attached hydrogen (secondary N) is 1. The molecular formula is C35H39N3O6S. The fraction of sp³-hybridized carbons (Fsp3) is 0.343. The summed E-state index contributed by atoms with van der Waals surface area (Å²) in [5.41, 5.74) is 5.69. The summed E-state index contributed by atoms with van der Waals surface area (Å²) in [5, 5.41) is 13.3. The topological polar surface area (TPSA) is 112 Å². The van der Waals surface area contributed by atoms with Crippen molar-refractivity contribution in [1.82, 2.24) is 14.9 Å². The fourth-order valence-electron chi connectivity index (χ4n) is 5.36. The van der Waals surface area contributed by atoms with E-state index in [4.69, 9.17) is 14.2 Å². The van der Waals surface area contributed by atoms with Gasteiger partial charge in [-0.1, -0.05) is 91.5 Å². The van der Waals surface area contributed by atoms with Crippen LogP contribution >= 0.6 is 11.8 Å². The SMILES string of the molecule is CC(=O)O[C@@H](C)C(=O)NCc1ccccc1-c1ccc([C@H]2O[C@@H](CSc3nccn3C)[C@@H](C)[C@@H](c3ccc(CO)cc3)O2)cc1. The molecule has 1 aliphatic heterocycles. The summed E-state index contributed by atoms with van der Waals surface area (Å²) in [7, 11) is 1.98. The average molecular weight is 630 g/mol. The maximum absolute atomic E-state index is 12.4. The monoisotopic (exact) mass is 629 g/mol. The molecule has 2 heterocycles. The van der Waals surface area contributed by atoms with Crippen molar-refractivity contribution in [2.75, 3.05) is 5.75 Å². The molecule has 5 rings (SSSR count). The summed E-state index contributed by atoms with van der Waals surface area (Å²) in [5.74, 6) is -0.0708. The standard InChI is InChI=1S/C35H39N3O6S/c1-22-31(21-45-35-36-17-18-38(35)4)43-34(44-32(22)27-11-9-25(20-39)10-12-27)28-15-13-26(14-16-28)30-8-6-5-7-29(30)19-37-33(41)23(2)42-24(3)40/h5-18,22-23,31-32,34,39H,19-21H2,1-4H3,(H,37,41)/t22-,23+,31+,32+,34+/m1/s1. The Morgan fingerprint density at radius 2 is 1.76 bits per heavy atom. The molecule has 1 fully saturated rings. The lowest BCUT2D eigenvalue weighted by Gasteiger charge is -2.41. The van der Waals surface area contributed by atoms with Crippen molar-refractivity contribution in [2.45, 2.75) is 63.7 Å². The van der Waals surface area contributed by atoms with Gasteiger partial charge in [-0.3, -0.25) is 9.59 Å². The second kappa shape index (κ2) is 14.9. The molecular weight excluding hydrogens is 590 g/mol. The Bertz CT molecular complexity index is 1590. The van der Waals surface area contributed by atoms with Crippen LogP contribution in [0.3, 0.4) is 0 Å². The molecule has 5 atom stereocenters.